The van der Waals surface area contributed by atoms with Crippen molar-refractivity contribution in [3.63, 3.8) is 0 Å². The summed E-state index contributed by atoms with van der Waals surface area (Å²) in [6.45, 7) is -0.452. The molecule has 154 valence electrons. The number of rotatable bonds is 7. The highest BCUT2D eigenvalue weighted by molar-refractivity contribution is 6.44. The third-order valence-electron chi connectivity index (χ3n) is 3.49. The second kappa shape index (κ2) is 9.22. The lowest BCUT2D eigenvalue weighted by Crippen LogP contribution is -2.23. The quantitative estimate of drug-likeness (QED) is 0.537. The van der Waals surface area contributed by atoms with Crippen molar-refractivity contribution >= 4 is 23.0 Å². The molecule has 0 aliphatic carbocycles. The zero-order chi connectivity index (χ0) is 21.6. The van der Waals surface area contributed by atoms with Crippen LogP contribution < -0.4 is 11.1 Å². The standard InChI is InChI=1S/C18H16F5N5O/c1-10(29)15(25-7-11-4-2-3-5-12(11)19)6-14(24)17-26-8-13(20)16(28-17)27-9-18(21,22)23/h2-6,8H,7,9,24H2,1H3,(H,26,27,28). The molecule has 0 unspecified atom stereocenters. The number of benzene rings is 1. The number of nitrogens with zero attached hydrogens (tertiary/aromatic N) is 3. The molecule has 0 saturated carbocycles. The van der Waals surface area contributed by atoms with Crippen LogP contribution in [0, 0.1) is 11.6 Å². The first-order chi connectivity index (χ1) is 13.6. The van der Waals surface area contributed by atoms with Gasteiger partial charge < -0.3 is 11.1 Å². The second-order valence-corrected chi connectivity index (χ2v) is 5.81. The lowest BCUT2D eigenvalue weighted by atomic mass is 10.2. The first-order valence-corrected chi connectivity index (χ1v) is 8.16. The second-order valence-electron chi connectivity index (χ2n) is 5.81. The molecule has 0 fully saturated rings. The van der Waals surface area contributed by atoms with Crippen LogP contribution in [-0.2, 0) is 11.3 Å². The van der Waals surface area contributed by atoms with Crippen molar-refractivity contribution < 1.29 is 26.7 Å². The van der Waals surface area contributed by atoms with E-state index in [0.717, 1.165) is 6.08 Å². The number of hydrogen-bond acceptors (Lipinski definition) is 6. The van der Waals surface area contributed by atoms with Crippen LogP contribution in [0.5, 0.6) is 0 Å². The van der Waals surface area contributed by atoms with Crippen molar-refractivity contribution in [2.45, 2.75) is 19.6 Å². The number of anilines is 1. The summed E-state index contributed by atoms with van der Waals surface area (Å²) in [6, 6.07) is 5.84. The maximum Gasteiger partial charge on any atom is 0.405 e. The summed E-state index contributed by atoms with van der Waals surface area (Å²) in [6.07, 6.45) is -2.85. The summed E-state index contributed by atoms with van der Waals surface area (Å²) in [4.78, 5) is 23.0. The molecule has 1 heterocycles. The Bertz CT molecular complexity index is 956. The van der Waals surface area contributed by atoms with E-state index in [2.05, 4.69) is 15.0 Å². The average Bonchev–Trinajstić information content (AvgIpc) is 2.64. The molecular formula is C18H16F5N5O. The van der Waals surface area contributed by atoms with E-state index in [1.54, 1.807) is 11.4 Å². The lowest BCUT2D eigenvalue weighted by Gasteiger charge is -2.10. The number of carbonyl (C=O) groups is 1. The van der Waals surface area contributed by atoms with E-state index in [0.29, 0.717) is 6.20 Å². The number of nitrogens with two attached hydrogens (primary N) is 1. The largest absolute Gasteiger partial charge is 0.405 e. The fourth-order valence-electron chi connectivity index (χ4n) is 2.08. The maximum absolute atomic E-state index is 13.7. The van der Waals surface area contributed by atoms with Crippen molar-refractivity contribution in [3.05, 3.63) is 59.6 Å². The van der Waals surface area contributed by atoms with Gasteiger partial charge in [0, 0.05) is 12.5 Å². The molecule has 0 spiro atoms. The molecule has 2 aromatic rings. The molecule has 0 aliphatic rings. The van der Waals surface area contributed by atoms with Gasteiger partial charge in [0.05, 0.1) is 18.4 Å². The van der Waals surface area contributed by atoms with E-state index in [4.69, 9.17) is 5.73 Å². The predicted molar refractivity (Wildman–Crippen MR) is 96.9 cm³/mol. The Morgan fingerprint density at radius 1 is 1.24 bits per heavy atom. The smallest absolute Gasteiger partial charge is 0.396 e. The summed E-state index contributed by atoms with van der Waals surface area (Å²) in [5, 5.41) is 1.80. The van der Waals surface area contributed by atoms with E-state index in [1.165, 1.54) is 25.1 Å². The first-order valence-electron chi connectivity index (χ1n) is 8.16. The highest BCUT2D eigenvalue weighted by atomic mass is 19.4. The number of aliphatic imine (C=N–C) groups is 1. The van der Waals surface area contributed by atoms with Crippen molar-refractivity contribution in [2.24, 2.45) is 10.7 Å². The van der Waals surface area contributed by atoms with Gasteiger partial charge in [0.1, 0.15) is 18.1 Å². The summed E-state index contributed by atoms with van der Waals surface area (Å²) in [7, 11) is 0. The van der Waals surface area contributed by atoms with Gasteiger partial charge in [0.15, 0.2) is 23.2 Å². The van der Waals surface area contributed by atoms with Crippen LogP contribution in [-0.4, -0.2) is 34.2 Å². The number of ketones is 1. The summed E-state index contributed by atoms with van der Waals surface area (Å²) >= 11 is 0. The van der Waals surface area contributed by atoms with Gasteiger partial charge in [-0.15, -0.1) is 0 Å². The average molecular weight is 413 g/mol. The number of halogens is 5. The molecule has 0 aliphatic heterocycles. The third-order valence-corrected chi connectivity index (χ3v) is 3.49. The third kappa shape index (κ3) is 6.63. The first kappa shape index (κ1) is 21.9. The molecule has 6 nitrogen and oxygen atoms in total. The molecule has 1 aromatic carbocycles. The van der Waals surface area contributed by atoms with Crippen molar-refractivity contribution in [1.82, 2.24) is 9.97 Å². The van der Waals surface area contributed by atoms with Crippen LogP contribution in [0.25, 0.3) is 5.70 Å². The van der Waals surface area contributed by atoms with E-state index >= 15 is 0 Å². The van der Waals surface area contributed by atoms with Crippen LogP contribution in [0.15, 0.2) is 41.5 Å². The van der Waals surface area contributed by atoms with Gasteiger partial charge in [-0.25, -0.2) is 18.7 Å². The van der Waals surface area contributed by atoms with Gasteiger partial charge >= 0.3 is 6.18 Å². The molecule has 0 amide bonds. The molecule has 0 radical (unpaired) electrons. The number of hydrogen-bond donors (Lipinski definition) is 2. The number of carbonyl (C=O) groups excluding carboxylic acids is 1. The van der Waals surface area contributed by atoms with Gasteiger partial charge in [-0.05, 0) is 12.1 Å². The lowest BCUT2D eigenvalue weighted by molar-refractivity contribution is -0.115. The molecule has 29 heavy (non-hydrogen) atoms. The summed E-state index contributed by atoms with van der Waals surface area (Å²) < 4.78 is 64.2. The van der Waals surface area contributed by atoms with Crippen LogP contribution in [0.1, 0.15) is 18.3 Å². The van der Waals surface area contributed by atoms with Crippen LogP contribution in [0.2, 0.25) is 0 Å². The summed E-state index contributed by atoms with van der Waals surface area (Å²) in [5.74, 6) is -3.11. The van der Waals surface area contributed by atoms with E-state index in [1.807, 2.05) is 0 Å². The van der Waals surface area contributed by atoms with E-state index in [-0.39, 0.29) is 29.3 Å². The van der Waals surface area contributed by atoms with Gasteiger partial charge in [-0.3, -0.25) is 9.79 Å². The van der Waals surface area contributed by atoms with Crippen molar-refractivity contribution in [2.75, 3.05) is 11.9 Å². The molecule has 0 atom stereocenters. The number of Topliss-reactive ketones (excluding diaryl/α,β-unsaturated/α-hetero) is 1. The van der Waals surface area contributed by atoms with Gasteiger partial charge in [-0.1, -0.05) is 18.2 Å². The number of alkyl halides is 3. The Kier molecular flexibility index (Phi) is 6.97. The zero-order valence-corrected chi connectivity index (χ0v) is 15.1. The van der Waals surface area contributed by atoms with Crippen LogP contribution >= 0.6 is 0 Å². The molecule has 1 aromatic heterocycles. The van der Waals surface area contributed by atoms with E-state index < -0.39 is 36.0 Å². The minimum absolute atomic E-state index is 0.136. The molecule has 11 heteroatoms. The van der Waals surface area contributed by atoms with E-state index in [9.17, 15) is 26.7 Å². The normalized spacial score (nSPS) is 12.8. The Morgan fingerprint density at radius 3 is 2.55 bits per heavy atom. The monoisotopic (exact) mass is 413 g/mol. The number of nitrogens with one attached hydrogen (secondary N) is 1. The highest BCUT2D eigenvalue weighted by Gasteiger charge is 2.27. The molecular weight excluding hydrogens is 397 g/mol. The highest BCUT2D eigenvalue weighted by Crippen LogP contribution is 2.18. The minimum Gasteiger partial charge on any atom is -0.396 e. The molecule has 0 saturated heterocycles. The topological polar surface area (TPSA) is 93.3 Å². The number of aromatic nitrogens is 2. The Hall–Kier alpha value is -3.37. The zero-order valence-electron chi connectivity index (χ0n) is 15.1. The maximum atomic E-state index is 13.7. The van der Waals surface area contributed by atoms with Crippen molar-refractivity contribution in [3.8, 4) is 0 Å². The van der Waals surface area contributed by atoms with Gasteiger partial charge in [0.2, 0.25) is 0 Å². The predicted octanol–water partition coefficient (Wildman–Crippen LogP) is 3.26. The fraction of sp³-hybridized carbons (Fsp3) is 0.222. The number of allylic oxidation sites excluding steroid dienone is 1. The fourth-order valence-corrected chi connectivity index (χ4v) is 2.08. The Labute approximate surface area is 162 Å². The van der Waals surface area contributed by atoms with Crippen LogP contribution in [0.4, 0.5) is 27.8 Å². The van der Waals surface area contributed by atoms with Crippen LogP contribution in [0.3, 0.4) is 0 Å². The Morgan fingerprint density at radius 2 is 1.93 bits per heavy atom. The van der Waals surface area contributed by atoms with Gasteiger partial charge in [-0.2, -0.15) is 13.2 Å². The molecule has 3 N–H and O–H groups in total. The molecule has 2 rings (SSSR count). The SMILES string of the molecule is CC(=O)C(C=C(N)c1ncc(F)c(NCC(F)(F)F)n1)=NCc1ccccc1F. The van der Waals surface area contributed by atoms with Crippen molar-refractivity contribution in [1.29, 1.82) is 0 Å². The Balaban J connectivity index is 2.27. The molecule has 0 bridgehead atoms. The summed E-state index contributed by atoms with van der Waals surface area (Å²) in [5.41, 5.74) is 5.67. The van der Waals surface area contributed by atoms with Gasteiger partial charge in [0.25, 0.3) is 0 Å². The minimum atomic E-state index is -4.58.